The van der Waals surface area contributed by atoms with Crippen molar-refractivity contribution >= 4 is 29.5 Å². The van der Waals surface area contributed by atoms with Crippen molar-refractivity contribution in [3.8, 4) is 11.1 Å². The van der Waals surface area contributed by atoms with Gasteiger partial charge in [0.05, 0.1) is 18.7 Å². The summed E-state index contributed by atoms with van der Waals surface area (Å²) in [6.07, 6.45) is 5.98. The fraction of sp³-hybridized carbons (Fsp3) is 0.414. The molecular weight excluding hydrogens is 454 g/mol. The van der Waals surface area contributed by atoms with Gasteiger partial charge in [0.25, 0.3) is 0 Å². The molecule has 0 aromatic heterocycles. The van der Waals surface area contributed by atoms with Gasteiger partial charge in [-0.2, -0.15) is 0 Å². The van der Waals surface area contributed by atoms with Crippen LogP contribution in [0.2, 0.25) is 0 Å². The number of amidine groups is 1. The van der Waals surface area contributed by atoms with Gasteiger partial charge in [-0.05, 0) is 61.4 Å². The van der Waals surface area contributed by atoms with Crippen LogP contribution >= 0.6 is 0 Å². The number of aliphatic hydroxyl groups is 1. The Hall–Kier alpha value is -3.63. The van der Waals surface area contributed by atoms with Gasteiger partial charge in [0.2, 0.25) is 5.91 Å². The van der Waals surface area contributed by atoms with E-state index in [4.69, 9.17) is 10.5 Å². The van der Waals surface area contributed by atoms with Crippen LogP contribution in [0.15, 0.2) is 40.9 Å². The number of fused-ring (bicyclic) bond motifs is 1. The molecular formula is C29H33N3O4. The summed E-state index contributed by atoms with van der Waals surface area (Å²) in [7, 11) is 0. The van der Waals surface area contributed by atoms with Gasteiger partial charge >= 0.3 is 5.97 Å². The molecule has 2 aliphatic rings. The number of benzene rings is 1. The summed E-state index contributed by atoms with van der Waals surface area (Å²) in [5.74, 6) is 0.608. The summed E-state index contributed by atoms with van der Waals surface area (Å²) in [6.45, 7) is 3.71. The van der Waals surface area contributed by atoms with E-state index in [1.54, 1.807) is 4.90 Å². The van der Waals surface area contributed by atoms with Crippen LogP contribution in [-0.4, -0.2) is 54.0 Å². The molecule has 0 bridgehead atoms. The molecule has 0 atom stereocenters. The number of nitrogens with two attached hydrogens (primary N) is 1. The van der Waals surface area contributed by atoms with Crippen LogP contribution in [-0.2, 0) is 20.7 Å². The average Bonchev–Trinajstić information content (AvgIpc) is 3.71. The minimum Gasteiger partial charge on any atom is -0.465 e. The second-order valence-electron chi connectivity index (χ2n) is 9.42. The summed E-state index contributed by atoms with van der Waals surface area (Å²) < 4.78 is 5.30. The molecule has 7 heteroatoms. The van der Waals surface area contributed by atoms with E-state index in [1.807, 2.05) is 43.3 Å². The molecule has 1 aliphatic heterocycles. The first-order chi connectivity index (χ1) is 17.5. The van der Waals surface area contributed by atoms with Gasteiger partial charge in [-0.3, -0.25) is 9.59 Å². The van der Waals surface area contributed by atoms with Crippen LogP contribution in [0.5, 0.6) is 0 Å². The first kappa shape index (κ1) is 25.5. The Labute approximate surface area is 212 Å². The summed E-state index contributed by atoms with van der Waals surface area (Å²) >= 11 is 0. The van der Waals surface area contributed by atoms with E-state index < -0.39 is 0 Å². The van der Waals surface area contributed by atoms with E-state index >= 15 is 0 Å². The second kappa shape index (κ2) is 11.9. The molecule has 36 heavy (non-hydrogen) atoms. The Bertz CT molecular complexity index is 1150. The number of carbonyl (C=O) groups excluding carboxylic acids is 2. The number of aliphatic imine (C=N–C) groups is 1. The summed E-state index contributed by atoms with van der Waals surface area (Å²) in [6, 6.07) is 15.8. The van der Waals surface area contributed by atoms with Gasteiger partial charge in [0.1, 0.15) is 5.84 Å². The molecule has 2 aromatic carbocycles. The van der Waals surface area contributed by atoms with Crippen LogP contribution in [0.3, 0.4) is 0 Å². The van der Waals surface area contributed by atoms with Gasteiger partial charge in [-0.1, -0.05) is 31.2 Å². The molecule has 1 aliphatic carbocycles. The number of rotatable bonds is 11. The van der Waals surface area contributed by atoms with E-state index in [9.17, 15) is 14.7 Å². The molecule has 7 nitrogen and oxygen atoms in total. The lowest BCUT2D eigenvalue weighted by Gasteiger charge is -2.23. The van der Waals surface area contributed by atoms with Gasteiger partial charge < -0.3 is 20.5 Å². The molecule has 1 amide bonds. The largest absolute Gasteiger partial charge is 0.465 e. The maximum Gasteiger partial charge on any atom is 0.310 e. The van der Waals surface area contributed by atoms with Crippen molar-refractivity contribution in [2.24, 2.45) is 16.6 Å². The third-order valence-corrected chi connectivity index (χ3v) is 6.27. The Morgan fingerprint density at radius 3 is 2.72 bits per heavy atom. The monoisotopic (exact) mass is 487 g/mol. The Kier molecular flexibility index (Phi) is 8.40. The first-order valence-corrected chi connectivity index (χ1v) is 12.6. The molecule has 1 heterocycles. The molecule has 1 fully saturated rings. The van der Waals surface area contributed by atoms with Gasteiger partial charge in [-0.15, -0.1) is 0 Å². The molecule has 2 aromatic rings. The average molecular weight is 488 g/mol. The zero-order valence-electron chi connectivity index (χ0n) is 20.8. The van der Waals surface area contributed by atoms with Crippen molar-refractivity contribution in [3.05, 3.63) is 59.2 Å². The minimum absolute atomic E-state index is 0.0433. The highest BCUT2D eigenvalue weighted by molar-refractivity contribution is 6.05. The highest BCUT2D eigenvalue weighted by Gasteiger charge is 2.23. The van der Waals surface area contributed by atoms with E-state index in [2.05, 4.69) is 17.1 Å². The summed E-state index contributed by atoms with van der Waals surface area (Å²) in [4.78, 5) is 31.5. The van der Waals surface area contributed by atoms with Crippen molar-refractivity contribution in [2.45, 2.75) is 45.4 Å². The first-order valence-electron chi connectivity index (χ1n) is 12.6. The van der Waals surface area contributed by atoms with Crippen molar-refractivity contribution in [1.29, 1.82) is 0 Å². The van der Waals surface area contributed by atoms with Crippen LogP contribution in [0, 0.1) is 18.1 Å². The SMILES string of the molecule is CCCN(CCCO)C(=O)C1=Cc2ccc(-c3c#cc(CC(=O)OCC4CC4)cc3)cc2N=C(N)C1. The number of carbonyl (C=O) groups is 2. The zero-order valence-corrected chi connectivity index (χ0v) is 20.8. The van der Waals surface area contributed by atoms with Crippen molar-refractivity contribution in [3.63, 3.8) is 0 Å². The molecule has 188 valence electrons. The van der Waals surface area contributed by atoms with Crippen LogP contribution in [0.4, 0.5) is 5.69 Å². The zero-order chi connectivity index (χ0) is 25.5. The second-order valence-corrected chi connectivity index (χ2v) is 9.42. The molecule has 3 N–H and O–H groups in total. The quantitative estimate of drug-likeness (QED) is 0.469. The fourth-order valence-electron chi connectivity index (χ4n) is 4.13. The summed E-state index contributed by atoms with van der Waals surface area (Å²) in [5, 5.41) is 9.19. The van der Waals surface area contributed by atoms with Crippen LogP contribution in [0.25, 0.3) is 17.2 Å². The van der Waals surface area contributed by atoms with Gasteiger partial charge in [-0.25, -0.2) is 4.99 Å². The number of hydrogen-bond donors (Lipinski definition) is 2. The van der Waals surface area contributed by atoms with E-state index in [-0.39, 0.29) is 31.3 Å². The number of amides is 1. The standard InChI is InChI=1S/C29H33N3O4/c1-2-12-32(13-3-14-33)29(35)25-16-24-11-10-23(17-26(24)31-27(30)18-25)22-8-6-20(7-9-22)15-28(34)36-19-21-4-5-21/h6,8,10-11,16-17,21,33H,2-5,12-15,18-19H2,1H3,(H2,30,31). The maximum atomic E-state index is 13.2. The Balaban J connectivity index is 1.49. The van der Waals surface area contributed by atoms with Crippen LogP contribution in [0.1, 0.15) is 50.2 Å². The smallest absolute Gasteiger partial charge is 0.310 e. The van der Waals surface area contributed by atoms with Gasteiger partial charge in [0.15, 0.2) is 0 Å². The molecule has 0 spiro atoms. The normalized spacial score (nSPS) is 14.6. The highest BCUT2D eigenvalue weighted by atomic mass is 16.5. The van der Waals surface area contributed by atoms with Crippen molar-refractivity contribution < 1.29 is 19.4 Å². The predicted molar refractivity (Wildman–Crippen MR) is 139 cm³/mol. The third kappa shape index (κ3) is 6.73. The molecule has 1 saturated carbocycles. The molecule has 0 saturated heterocycles. The minimum atomic E-state index is -0.236. The highest BCUT2D eigenvalue weighted by Crippen LogP contribution is 2.32. The third-order valence-electron chi connectivity index (χ3n) is 6.27. The number of ether oxygens (including phenoxy) is 1. The molecule has 0 radical (unpaired) electrons. The van der Waals surface area contributed by atoms with E-state index in [1.165, 1.54) is 0 Å². The van der Waals surface area contributed by atoms with Gasteiger partial charge in [0, 0.05) is 48.4 Å². The molecule has 4 rings (SSSR count). The van der Waals surface area contributed by atoms with Crippen molar-refractivity contribution in [1.82, 2.24) is 4.90 Å². The number of nitrogens with zero attached hydrogens (tertiary/aromatic N) is 2. The van der Waals surface area contributed by atoms with Crippen LogP contribution < -0.4 is 5.73 Å². The fourth-order valence-corrected chi connectivity index (χ4v) is 4.13. The maximum absolute atomic E-state index is 13.2. The lowest BCUT2D eigenvalue weighted by Crippen LogP contribution is -2.35. The van der Waals surface area contributed by atoms with E-state index in [0.717, 1.165) is 41.5 Å². The Morgan fingerprint density at radius 2 is 2.03 bits per heavy atom. The van der Waals surface area contributed by atoms with E-state index in [0.29, 0.717) is 49.1 Å². The number of aliphatic hydroxyl groups excluding tert-OH is 1. The number of esters is 1. The Morgan fingerprint density at radius 1 is 1.19 bits per heavy atom. The lowest BCUT2D eigenvalue weighted by atomic mass is 10.0. The topological polar surface area (TPSA) is 105 Å². The van der Waals surface area contributed by atoms with Crippen molar-refractivity contribution in [2.75, 3.05) is 26.3 Å². The lowest BCUT2D eigenvalue weighted by molar-refractivity contribution is -0.143. The number of hydrogen-bond acceptors (Lipinski definition) is 6. The predicted octanol–water partition coefficient (Wildman–Crippen LogP) is 3.85. The summed E-state index contributed by atoms with van der Waals surface area (Å²) in [5.41, 5.74) is 10.7. The molecule has 0 unspecified atom stereocenters.